The van der Waals surface area contributed by atoms with Crippen LogP contribution in [0.3, 0.4) is 0 Å². The van der Waals surface area contributed by atoms with Gasteiger partial charge in [0.05, 0.1) is 6.04 Å². The summed E-state index contributed by atoms with van der Waals surface area (Å²) < 4.78 is 0. The summed E-state index contributed by atoms with van der Waals surface area (Å²) in [4.78, 5) is 12.3. The molecule has 0 bridgehead atoms. The van der Waals surface area contributed by atoms with Crippen LogP contribution in [0.4, 0.5) is 0 Å². The molecule has 1 rings (SSSR count). The Labute approximate surface area is 125 Å². The monoisotopic (exact) mass is 282 g/mol. The molecule has 118 valence electrons. The smallest absolute Gasteiger partial charge is 0.237 e. The Hall–Kier alpha value is -0.570. The highest BCUT2D eigenvalue weighted by Crippen LogP contribution is 2.37. The van der Waals surface area contributed by atoms with Gasteiger partial charge in [0, 0.05) is 6.54 Å². The molecule has 2 N–H and O–H groups in total. The summed E-state index contributed by atoms with van der Waals surface area (Å²) in [6.07, 6.45) is 7.64. The van der Waals surface area contributed by atoms with Crippen molar-refractivity contribution in [2.24, 2.45) is 17.3 Å². The normalized spacial score (nSPS) is 19.1. The van der Waals surface area contributed by atoms with Crippen molar-refractivity contribution in [1.82, 2.24) is 10.6 Å². The summed E-state index contributed by atoms with van der Waals surface area (Å²) in [7, 11) is 1.87. The Balaban J connectivity index is 2.45. The molecule has 0 aromatic carbocycles. The predicted octanol–water partition coefficient (Wildman–Crippen LogP) is 3.34. The van der Waals surface area contributed by atoms with Crippen LogP contribution in [0, 0.1) is 17.3 Å². The minimum Gasteiger partial charge on any atom is -0.354 e. The van der Waals surface area contributed by atoms with E-state index < -0.39 is 0 Å². The first-order valence-electron chi connectivity index (χ1n) is 8.31. The molecule has 1 aliphatic carbocycles. The van der Waals surface area contributed by atoms with Gasteiger partial charge >= 0.3 is 0 Å². The van der Waals surface area contributed by atoms with E-state index in [1.807, 2.05) is 7.05 Å². The number of hydrogen-bond acceptors (Lipinski definition) is 2. The topological polar surface area (TPSA) is 41.1 Å². The number of carbonyl (C=O) groups excluding carboxylic acids is 1. The molecule has 1 atom stereocenters. The maximum Gasteiger partial charge on any atom is 0.237 e. The molecule has 1 amide bonds. The lowest BCUT2D eigenvalue weighted by molar-refractivity contribution is -0.124. The van der Waals surface area contributed by atoms with Gasteiger partial charge in [0.1, 0.15) is 0 Å². The van der Waals surface area contributed by atoms with Gasteiger partial charge in [-0.2, -0.15) is 0 Å². The van der Waals surface area contributed by atoms with Gasteiger partial charge in [0.15, 0.2) is 0 Å². The van der Waals surface area contributed by atoms with Gasteiger partial charge in [-0.1, -0.05) is 47.0 Å². The van der Waals surface area contributed by atoms with Crippen LogP contribution in [-0.2, 0) is 4.79 Å². The van der Waals surface area contributed by atoms with Crippen LogP contribution in [0.2, 0.25) is 0 Å². The molecule has 1 unspecified atom stereocenters. The minimum atomic E-state index is -0.0582. The van der Waals surface area contributed by atoms with Crippen LogP contribution < -0.4 is 10.6 Å². The van der Waals surface area contributed by atoms with Crippen LogP contribution in [0.25, 0.3) is 0 Å². The number of hydrogen-bond donors (Lipinski definition) is 2. The van der Waals surface area contributed by atoms with Gasteiger partial charge in [-0.15, -0.1) is 0 Å². The van der Waals surface area contributed by atoms with Crippen molar-refractivity contribution in [2.45, 2.75) is 72.3 Å². The zero-order valence-corrected chi connectivity index (χ0v) is 14.1. The molecule has 20 heavy (non-hydrogen) atoms. The standard InChI is InChI=1S/C17H34N2O/c1-13(2)11-15(18-5)16(20)19-12-17(3,4)14-9-7-6-8-10-14/h13-15,18H,6-12H2,1-5H3,(H,19,20). The van der Waals surface area contributed by atoms with Gasteiger partial charge in [0.25, 0.3) is 0 Å². The molecule has 0 radical (unpaired) electrons. The van der Waals surface area contributed by atoms with E-state index in [1.54, 1.807) is 0 Å². The van der Waals surface area contributed by atoms with Crippen LogP contribution in [0.15, 0.2) is 0 Å². The molecule has 0 aliphatic heterocycles. The van der Waals surface area contributed by atoms with E-state index in [9.17, 15) is 4.79 Å². The largest absolute Gasteiger partial charge is 0.354 e. The molecule has 3 nitrogen and oxygen atoms in total. The number of rotatable bonds is 7. The second-order valence-corrected chi connectivity index (χ2v) is 7.51. The highest BCUT2D eigenvalue weighted by Gasteiger charge is 2.31. The summed E-state index contributed by atoms with van der Waals surface area (Å²) >= 11 is 0. The molecule has 0 spiro atoms. The van der Waals surface area contributed by atoms with Crippen molar-refractivity contribution in [3.05, 3.63) is 0 Å². The van der Waals surface area contributed by atoms with Gasteiger partial charge in [0.2, 0.25) is 5.91 Å². The zero-order chi connectivity index (χ0) is 15.2. The van der Waals surface area contributed by atoms with Crippen LogP contribution in [0.5, 0.6) is 0 Å². The summed E-state index contributed by atoms with van der Waals surface area (Å²) in [5, 5.41) is 6.31. The van der Waals surface area contributed by atoms with Crippen molar-refractivity contribution in [3.63, 3.8) is 0 Å². The first-order valence-corrected chi connectivity index (χ1v) is 8.31. The molecular formula is C17H34N2O. The molecule has 1 saturated carbocycles. The Kier molecular flexibility index (Phi) is 7.01. The molecule has 3 heteroatoms. The maximum absolute atomic E-state index is 12.3. The molecule has 0 saturated heterocycles. The van der Waals surface area contributed by atoms with Crippen molar-refractivity contribution in [1.29, 1.82) is 0 Å². The van der Waals surface area contributed by atoms with Crippen molar-refractivity contribution >= 4 is 5.91 Å². The Morgan fingerprint density at radius 3 is 2.30 bits per heavy atom. The Morgan fingerprint density at radius 1 is 1.20 bits per heavy atom. The molecule has 0 heterocycles. The first-order chi connectivity index (χ1) is 9.36. The number of nitrogens with one attached hydrogen (secondary N) is 2. The minimum absolute atomic E-state index is 0.0582. The van der Waals surface area contributed by atoms with Gasteiger partial charge in [-0.3, -0.25) is 4.79 Å². The average molecular weight is 282 g/mol. The predicted molar refractivity (Wildman–Crippen MR) is 85.7 cm³/mol. The summed E-state index contributed by atoms with van der Waals surface area (Å²) in [5.74, 6) is 1.45. The van der Waals surface area contributed by atoms with Crippen LogP contribution >= 0.6 is 0 Å². The maximum atomic E-state index is 12.3. The molecule has 1 fully saturated rings. The van der Waals surface area contributed by atoms with Gasteiger partial charge < -0.3 is 10.6 Å². The molecular weight excluding hydrogens is 248 g/mol. The fraction of sp³-hybridized carbons (Fsp3) is 0.941. The van der Waals surface area contributed by atoms with E-state index >= 15 is 0 Å². The highest BCUT2D eigenvalue weighted by atomic mass is 16.2. The molecule has 0 aromatic heterocycles. The SMILES string of the molecule is CNC(CC(C)C)C(=O)NCC(C)(C)C1CCCCC1. The van der Waals surface area contributed by atoms with E-state index in [1.165, 1.54) is 32.1 Å². The van der Waals surface area contributed by atoms with Crippen LogP contribution in [0.1, 0.15) is 66.2 Å². The fourth-order valence-electron chi connectivity index (χ4n) is 3.29. The summed E-state index contributed by atoms with van der Waals surface area (Å²) in [5.41, 5.74) is 0.214. The lowest BCUT2D eigenvalue weighted by Gasteiger charge is -2.37. The molecule has 0 aromatic rings. The molecule has 1 aliphatic rings. The second-order valence-electron chi connectivity index (χ2n) is 7.51. The van der Waals surface area contributed by atoms with E-state index in [0.29, 0.717) is 5.92 Å². The lowest BCUT2D eigenvalue weighted by atomic mass is 9.71. The third kappa shape index (κ3) is 5.43. The lowest BCUT2D eigenvalue weighted by Crippen LogP contribution is -2.47. The summed E-state index contributed by atoms with van der Waals surface area (Å²) in [6.45, 7) is 9.72. The van der Waals surface area contributed by atoms with E-state index in [4.69, 9.17) is 0 Å². The zero-order valence-electron chi connectivity index (χ0n) is 14.1. The van der Waals surface area contributed by atoms with E-state index in [0.717, 1.165) is 18.9 Å². The third-order valence-corrected chi connectivity index (χ3v) is 4.80. The van der Waals surface area contributed by atoms with E-state index in [-0.39, 0.29) is 17.4 Å². The Morgan fingerprint density at radius 2 is 1.80 bits per heavy atom. The fourth-order valence-corrected chi connectivity index (χ4v) is 3.29. The second kappa shape index (κ2) is 8.02. The van der Waals surface area contributed by atoms with Crippen molar-refractivity contribution < 1.29 is 4.79 Å². The average Bonchev–Trinajstić information content (AvgIpc) is 2.43. The number of carbonyl (C=O) groups is 1. The third-order valence-electron chi connectivity index (χ3n) is 4.80. The van der Waals surface area contributed by atoms with Gasteiger partial charge in [-0.05, 0) is 43.6 Å². The first kappa shape index (κ1) is 17.5. The highest BCUT2D eigenvalue weighted by molar-refractivity contribution is 5.81. The number of likely N-dealkylation sites (N-methyl/N-ethyl adjacent to an activating group) is 1. The van der Waals surface area contributed by atoms with E-state index in [2.05, 4.69) is 38.3 Å². The number of amides is 1. The quantitative estimate of drug-likeness (QED) is 0.752. The Bertz CT molecular complexity index is 293. The van der Waals surface area contributed by atoms with Crippen molar-refractivity contribution in [3.8, 4) is 0 Å². The van der Waals surface area contributed by atoms with Gasteiger partial charge in [-0.25, -0.2) is 0 Å². The van der Waals surface area contributed by atoms with Crippen molar-refractivity contribution in [2.75, 3.05) is 13.6 Å². The van der Waals surface area contributed by atoms with Crippen LogP contribution in [-0.4, -0.2) is 25.5 Å². The summed E-state index contributed by atoms with van der Waals surface area (Å²) in [6, 6.07) is -0.0582.